The highest BCUT2D eigenvalue weighted by atomic mass is 16.5. The van der Waals surface area contributed by atoms with Crippen LogP contribution in [0.3, 0.4) is 0 Å². The van der Waals surface area contributed by atoms with Crippen LogP contribution in [0.15, 0.2) is 30.5 Å². The molecule has 1 aromatic heterocycles. The molecule has 0 aliphatic carbocycles. The first-order chi connectivity index (χ1) is 9.81. The van der Waals surface area contributed by atoms with Crippen molar-refractivity contribution in [3.05, 3.63) is 30.5 Å². The summed E-state index contributed by atoms with van der Waals surface area (Å²) in [6, 6.07) is 7.66. The summed E-state index contributed by atoms with van der Waals surface area (Å²) < 4.78 is 5.30. The number of aromatic amines is 1. The molecule has 0 radical (unpaired) electrons. The largest absolute Gasteiger partial charge is 0.381 e. The molecule has 0 saturated carbocycles. The number of carbonyl (C=O) groups is 1. The van der Waals surface area contributed by atoms with Crippen LogP contribution in [-0.4, -0.2) is 30.8 Å². The number of urea groups is 1. The van der Waals surface area contributed by atoms with Gasteiger partial charge in [0.05, 0.1) is 0 Å². The Morgan fingerprint density at radius 1 is 1.30 bits per heavy atom. The van der Waals surface area contributed by atoms with Gasteiger partial charge in [-0.15, -0.1) is 0 Å². The van der Waals surface area contributed by atoms with Gasteiger partial charge < -0.3 is 20.4 Å². The van der Waals surface area contributed by atoms with Gasteiger partial charge in [-0.25, -0.2) is 4.79 Å². The highest BCUT2D eigenvalue weighted by Crippen LogP contribution is 2.18. The van der Waals surface area contributed by atoms with Crippen LogP contribution in [0.25, 0.3) is 10.9 Å². The van der Waals surface area contributed by atoms with Gasteiger partial charge in [-0.3, -0.25) is 0 Å². The Morgan fingerprint density at radius 3 is 3.00 bits per heavy atom. The fraction of sp³-hybridized carbons (Fsp3) is 0.400. The second kappa shape index (κ2) is 5.96. The van der Waals surface area contributed by atoms with Gasteiger partial charge in [-0.1, -0.05) is 0 Å². The number of hydrogen-bond donors (Lipinski definition) is 3. The Bertz CT molecular complexity index is 588. The van der Waals surface area contributed by atoms with Crippen LogP contribution in [-0.2, 0) is 4.74 Å². The topological polar surface area (TPSA) is 66.2 Å². The maximum absolute atomic E-state index is 11.9. The minimum absolute atomic E-state index is 0.147. The van der Waals surface area contributed by atoms with Crippen molar-refractivity contribution in [3.8, 4) is 0 Å². The highest BCUT2D eigenvalue weighted by Gasteiger charge is 2.14. The number of aromatic nitrogens is 1. The van der Waals surface area contributed by atoms with Crippen molar-refractivity contribution in [2.45, 2.75) is 12.8 Å². The van der Waals surface area contributed by atoms with Gasteiger partial charge in [0.15, 0.2) is 0 Å². The molecular weight excluding hydrogens is 254 g/mol. The summed E-state index contributed by atoms with van der Waals surface area (Å²) in [5.74, 6) is 0.529. The van der Waals surface area contributed by atoms with E-state index >= 15 is 0 Å². The SMILES string of the molecule is O=C(NCC1CCOCC1)Nc1ccc2[nH]ccc2c1. The smallest absolute Gasteiger partial charge is 0.319 e. The number of anilines is 1. The number of rotatable bonds is 3. The van der Waals surface area contributed by atoms with Crippen LogP contribution in [0.4, 0.5) is 10.5 Å². The van der Waals surface area contributed by atoms with Crippen LogP contribution in [0.5, 0.6) is 0 Å². The molecule has 1 saturated heterocycles. The van der Waals surface area contributed by atoms with E-state index in [-0.39, 0.29) is 6.03 Å². The second-order valence-corrected chi connectivity index (χ2v) is 5.17. The zero-order valence-electron chi connectivity index (χ0n) is 11.3. The molecule has 2 aromatic rings. The van der Waals surface area contributed by atoms with Crippen LogP contribution >= 0.6 is 0 Å². The zero-order valence-corrected chi connectivity index (χ0v) is 11.3. The van der Waals surface area contributed by atoms with E-state index in [1.54, 1.807) is 0 Å². The average Bonchev–Trinajstić information content (AvgIpc) is 2.94. The van der Waals surface area contributed by atoms with E-state index in [0.717, 1.165) is 42.6 Å². The number of fused-ring (bicyclic) bond motifs is 1. The molecular formula is C15H19N3O2. The highest BCUT2D eigenvalue weighted by molar-refractivity contribution is 5.92. The number of H-pyrrole nitrogens is 1. The lowest BCUT2D eigenvalue weighted by atomic mass is 10.0. The number of nitrogens with one attached hydrogen (secondary N) is 3. The van der Waals surface area contributed by atoms with Gasteiger partial charge in [-0.05, 0) is 43.0 Å². The van der Waals surface area contributed by atoms with E-state index in [0.29, 0.717) is 12.5 Å². The standard InChI is InChI=1S/C15H19N3O2/c19-15(17-10-11-4-7-20-8-5-11)18-13-1-2-14-12(9-13)3-6-16-14/h1-3,6,9,11,16H,4-5,7-8,10H2,(H2,17,18,19). The summed E-state index contributed by atoms with van der Waals surface area (Å²) in [6.45, 7) is 2.32. The lowest BCUT2D eigenvalue weighted by Gasteiger charge is -2.22. The Balaban J connectivity index is 1.52. The molecule has 3 rings (SSSR count). The molecule has 20 heavy (non-hydrogen) atoms. The van der Waals surface area contributed by atoms with Crippen molar-refractivity contribution < 1.29 is 9.53 Å². The first-order valence-corrected chi connectivity index (χ1v) is 7.01. The third-order valence-electron chi connectivity index (χ3n) is 3.70. The molecule has 1 aliphatic rings. The summed E-state index contributed by atoms with van der Waals surface area (Å²) in [4.78, 5) is 15.0. The van der Waals surface area contributed by atoms with Crippen molar-refractivity contribution in [2.75, 3.05) is 25.1 Å². The van der Waals surface area contributed by atoms with E-state index in [4.69, 9.17) is 4.74 Å². The summed E-state index contributed by atoms with van der Waals surface area (Å²) in [7, 11) is 0. The summed E-state index contributed by atoms with van der Waals surface area (Å²) >= 11 is 0. The van der Waals surface area contributed by atoms with Crippen molar-refractivity contribution in [1.82, 2.24) is 10.3 Å². The van der Waals surface area contributed by atoms with Crippen molar-refractivity contribution >= 4 is 22.6 Å². The van der Waals surface area contributed by atoms with E-state index in [1.165, 1.54) is 0 Å². The monoisotopic (exact) mass is 273 g/mol. The van der Waals surface area contributed by atoms with Gasteiger partial charge in [0.1, 0.15) is 0 Å². The quantitative estimate of drug-likeness (QED) is 0.805. The molecule has 0 bridgehead atoms. The van der Waals surface area contributed by atoms with Crippen molar-refractivity contribution in [1.29, 1.82) is 0 Å². The summed E-state index contributed by atoms with van der Waals surface area (Å²) in [5.41, 5.74) is 1.87. The third-order valence-corrected chi connectivity index (χ3v) is 3.70. The van der Waals surface area contributed by atoms with E-state index < -0.39 is 0 Å². The van der Waals surface area contributed by atoms with Gasteiger partial charge in [0, 0.05) is 42.5 Å². The Hall–Kier alpha value is -2.01. The van der Waals surface area contributed by atoms with Gasteiger partial charge in [0.25, 0.3) is 0 Å². The number of ether oxygens (including phenoxy) is 1. The van der Waals surface area contributed by atoms with Crippen LogP contribution < -0.4 is 10.6 Å². The third kappa shape index (κ3) is 3.11. The van der Waals surface area contributed by atoms with Crippen molar-refractivity contribution in [2.24, 2.45) is 5.92 Å². The Kier molecular flexibility index (Phi) is 3.87. The maximum atomic E-state index is 11.9. The first kappa shape index (κ1) is 13.0. The minimum atomic E-state index is -0.147. The van der Waals surface area contributed by atoms with E-state index in [1.807, 2.05) is 30.5 Å². The molecule has 0 unspecified atom stereocenters. The molecule has 106 valence electrons. The van der Waals surface area contributed by atoms with Crippen LogP contribution in [0, 0.1) is 5.92 Å². The minimum Gasteiger partial charge on any atom is -0.381 e. The number of carbonyl (C=O) groups excluding carboxylic acids is 1. The lowest BCUT2D eigenvalue weighted by molar-refractivity contribution is 0.0671. The number of hydrogen-bond acceptors (Lipinski definition) is 2. The summed E-state index contributed by atoms with van der Waals surface area (Å²) in [6.07, 6.45) is 3.94. The molecule has 1 fully saturated rings. The number of amides is 2. The average molecular weight is 273 g/mol. The maximum Gasteiger partial charge on any atom is 0.319 e. The molecule has 2 amide bonds. The van der Waals surface area contributed by atoms with E-state index in [9.17, 15) is 4.79 Å². The summed E-state index contributed by atoms with van der Waals surface area (Å²) in [5, 5.41) is 6.89. The molecule has 2 heterocycles. The predicted octanol–water partition coefficient (Wildman–Crippen LogP) is 2.72. The normalized spacial score (nSPS) is 16.2. The first-order valence-electron chi connectivity index (χ1n) is 7.01. The lowest BCUT2D eigenvalue weighted by Crippen LogP contribution is -2.35. The van der Waals surface area contributed by atoms with Crippen LogP contribution in [0.1, 0.15) is 12.8 Å². The van der Waals surface area contributed by atoms with Gasteiger partial charge in [0.2, 0.25) is 0 Å². The molecule has 3 N–H and O–H groups in total. The molecule has 1 aliphatic heterocycles. The fourth-order valence-electron chi connectivity index (χ4n) is 2.49. The zero-order chi connectivity index (χ0) is 13.8. The van der Waals surface area contributed by atoms with Crippen LogP contribution in [0.2, 0.25) is 0 Å². The molecule has 0 spiro atoms. The van der Waals surface area contributed by atoms with Gasteiger partial charge >= 0.3 is 6.03 Å². The second-order valence-electron chi connectivity index (χ2n) is 5.17. The molecule has 5 heteroatoms. The number of benzene rings is 1. The Morgan fingerprint density at radius 2 is 2.15 bits per heavy atom. The molecule has 0 atom stereocenters. The Labute approximate surface area is 117 Å². The fourth-order valence-corrected chi connectivity index (χ4v) is 2.49. The predicted molar refractivity (Wildman–Crippen MR) is 78.9 cm³/mol. The van der Waals surface area contributed by atoms with Gasteiger partial charge in [-0.2, -0.15) is 0 Å². The molecule has 5 nitrogen and oxygen atoms in total. The molecule has 1 aromatic carbocycles. The van der Waals surface area contributed by atoms with Crippen molar-refractivity contribution in [3.63, 3.8) is 0 Å². The van der Waals surface area contributed by atoms with E-state index in [2.05, 4.69) is 15.6 Å².